The van der Waals surface area contributed by atoms with Crippen LogP contribution in [0, 0.1) is 0 Å². The molecule has 4 atom stereocenters. The summed E-state index contributed by atoms with van der Waals surface area (Å²) < 4.78 is 30.6. The Morgan fingerprint density at radius 3 is 1.88 bits per heavy atom. The first-order valence-electron chi connectivity index (χ1n) is 17.2. The number of ether oxygens (including phenoxy) is 1. The number of hydrogen-bond acceptors (Lipinski definition) is 9. The Morgan fingerprint density at radius 2 is 1.33 bits per heavy atom. The predicted octanol–water partition coefficient (Wildman–Crippen LogP) is 9.40. The lowest BCUT2D eigenvalue weighted by molar-refractivity contribution is -0.0470. The zero-order valence-corrected chi connectivity index (χ0v) is 35.9. The van der Waals surface area contributed by atoms with Crippen LogP contribution in [0.5, 0.6) is 0 Å². The average molecular weight is 732 g/mol. The van der Waals surface area contributed by atoms with Crippen LogP contribution < -0.4 is 5.73 Å². The van der Waals surface area contributed by atoms with E-state index in [2.05, 4.69) is 119 Å². The zero-order chi connectivity index (χ0) is 36.1. The number of fused-ring (bicyclic) bond motifs is 1. The lowest BCUT2D eigenvalue weighted by Gasteiger charge is -2.44. The van der Waals surface area contributed by atoms with Crippen LogP contribution in [0.2, 0.25) is 54.4 Å². The van der Waals surface area contributed by atoms with Crippen molar-refractivity contribution < 1.29 is 18.0 Å². The van der Waals surface area contributed by atoms with Gasteiger partial charge >= 0.3 is 0 Å². The highest BCUT2D eigenvalue weighted by Gasteiger charge is 2.55. The summed E-state index contributed by atoms with van der Waals surface area (Å²) in [5, 5.41) is 0.762. The maximum atomic E-state index is 7.35. The second kappa shape index (κ2) is 13.9. The third-order valence-corrected chi connectivity index (χ3v) is 25.6. The molecule has 3 heterocycles. The highest BCUT2D eigenvalue weighted by molar-refractivity contribution is 7.98. The highest BCUT2D eigenvalue weighted by atomic mass is 32.2. The van der Waals surface area contributed by atoms with Gasteiger partial charge in [-0.15, -0.1) is 0 Å². The zero-order valence-electron chi connectivity index (χ0n) is 32.1. The van der Waals surface area contributed by atoms with E-state index in [4.69, 9.17) is 33.7 Å². The van der Waals surface area contributed by atoms with Gasteiger partial charge in [-0.3, -0.25) is 4.57 Å². The van der Waals surface area contributed by atoms with Crippen LogP contribution in [-0.2, 0) is 23.8 Å². The molecule has 2 N–H and O–H groups in total. The number of nitrogens with two attached hydrogens (primary N) is 1. The molecular formula is C35H61N5O4SSi3. The topological polar surface area (TPSA) is 107 Å². The molecule has 1 aromatic carbocycles. The number of benzene rings is 1. The molecular weight excluding hydrogens is 671 g/mol. The van der Waals surface area contributed by atoms with E-state index in [1.807, 2.05) is 22.8 Å². The molecule has 3 aromatic rings. The second-order valence-corrected chi connectivity index (χ2v) is 33.1. The van der Waals surface area contributed by atoms with E-state index in [0.717, 1.165) is 10.8 Å². The van der Waals surface area contributed by atoms with Crippen molar-refractivity contribution >= 4 is 53.8 Å². The van der Waals surface area contributed by atoms with Gasteiger partial charge in [-0.1, -0.05) is 104 Å². The SMILES string of the molecule is CC(C)(C)[Si](C)(C)OC[C@H]1O[C@@H](n2cnc3c(SCc4ccccc4)nc(N)nc32)[C@H](O[Si](C)(C)C(C)(C)C)[C@@H]1O[Si](C)(C)C(C)(C)C. The van der Waals surface area contributed by atoms with E-state index in [-0.39, 0.29) is 33.3 Å². The van der Waals surface area contributed by atoms with Crippen LogP contribution in [-0.4, -0.2) is 69.4 Å². The summed E-state index contributed by atoms with van der Waals surface area (Å²) in [6, 6.07) is 10.3. The summed E-state index contributed by atoms with van der Waals surface area (Å²) in [5.74, 6) is 0.942. The number of aromatic nitrogens is 4. The smallest absolute Gasteiger partial charge is 0.223 e. The molecule has 13 heteroatoms. The molecule has 2 aromatic heterocycles. The van der Waals surface area contributed by atoms with Crippen LogP contribution in [0.1, 0.15) is 74.1 Å². The van der Waals surface area contributed by atoms with Crippen LogP contribution in [0.25, 0.3) is 11.2 Å². The van der Waals surface area contributed by atoms with Gasteiger partial charge in [-0.05, 0) is 60.0 Å². The van der Waals surface area contributed by atoms with E-state index in [9.17, 15) is 0 Å². The third kappa shape index (κ3) is 8.47. The Kier molecular flexibility index (Phi) is 11.3. The van der Waals surface area contributed by atoms with Crippen LogP contribution in [0.4, 0.5) is 5.95 Å². The molecule has 268 valence electrons. The first-order chi connectivity index (χ1) is 21.8. The van der Waals surface area contributed by atoms with E-state index >= 15 is 0 Å². The number of imidazole rings is 1. The summed E-state index contributed by atoms with van der Waals surface area (Å²) in [4.78, 5) is 14.2. The molecule has 1 saturated heterocycles. The Labute approximate surface area is 296 Å². The largest absolute Gasteiger partial charge is 0.414 e. The van der Waals surface area contributed by atoms with Gasteiger partial charge in [-0.25, -0.2) is 9.97 Å². The molecule has 0 amide bonds. The van der Waals surface area contributed by atoms with Gasteiger partial charge in [0.15, 0.2) is 36.8 Å². The van der Waals surface area contributed by atoms with Crippen LogP contribution >= 0.6 is 11.8 Å². The van der Waals surface area contributed by atoms with Crippen molar-refractivity contribution in [2.45, 2.75) is 152 Å². The minimum Gasteiger partial charge on any atom is -0.414 e. The first kappa shape index (κ1) is 39.2. The van der Waals surface area contributed by atoms with Gasteiger partial charge in [-0.2, -0.15) is 4.98 Å². The Hall–Kier alpha value is -1.59. The predicted molar refractivity (Wildman–Crippen MR) is 207 cm³/mol. The maximum absolute atomic E-state index is 7.35. The summed E-state index contributed by atoms with van der Waals surface area (Å²) in [6.45, 7) is 34.6. The van der Waals surface area contributed by atoms with Gasteiger partial charge in [0.05, 0.1) is 12.9 Å². The maximum Gasteiger partial charge on any atom is 0.223 e. The van der Waals surface area contributed by atoms with Crippen molar-refractivity contribution in [1.29, 1.82) is 0 Å². The van der Waals surface area contributed by atoms with Gasteiger partial charge in [0.1, 0.15) is 28.9 Å². The van der Waals surface area contributed by atoms with Gasteiger partial charge in [0, 0.05) is 5.75 Å². The summed E-state index contributed by atoms with van der Waals surface area (Å²) in [5.41, 5.74) is 8.88. The second-order valence-electron chi connectivity index (χ2n) is 17.8. The standard InChI is InChI=1S/C35H61N5O4SSi3/c1-33(2,3)46(10,11)41-21-25-27(43-47(12,13)34(4,5)6)28(44-48(14,15)35(7,8)9)31(42-25)40-23-37-26-29(40)38-32(36)39-30(26)45-22-24-19-17-16-18-20-24/h16-20,23,25,27-28,31H,21-22H2,1-15H3,(H2,36,38,39)/t25-,27-,28-,31-/m1/s1. The third-order valence-electron chi connectivity index (χ3n) is 11.1. The van der Waals surface area contributed by atoms with Crippen LogP contribution in [0.3, 0.4) is 0 Å². The summed E-state index contributed by atoms with van der Waals surface area (Å²) in [7, 11) is -6.69. The average Bonchev–Trinajstić information content (AvgIpc) is 3.50. The quantitative estimate of drug-likeness (QED) is 0.117. The van der Waals surface area contributed by atoms with Crippen molar-refractivity contribution in [2.75, 3.05) is 12.3 Å². The van der Waals surface area contributed by atoms with Crippen molar-refractivity contribution in [2.24, 2.45) is 0 Å². The molecule has 0 saturated carbocycles. The van der Waals surface area contributed by atoms with Crippen molar-refractivity contribution in [3.63, 3.8) is 0 Å². The number of hydrogen-bond donors (Lipinski definition) is 1. The fraction of sp³-hybridized carbons (Fsp3) is 0.686. The number of nitrogens with zero attached hydrogens (tertiary/aromatic N) is 4. The molecule has 0 aliphatic carbocycles. The van der Waals surface area contributed by atoms with Gasteiger partial charge in [0.25, 0.3) is 0 Å². The highest BCUT2D eigenvalue weighted by Crippen LogP contribution is 2.47. The van der Waals surface area contributed by atoms with Crippen molar-refractivity contribution in [1.82, 2.24) is 19.5 Å². The van der Waals surface area contributed by atoms with Gasteiger partial charge < -0.3 is 23.7 Å². The molecule has 48 heavy (non-hydrogen) atoms. The fourth-order valence-corrected chi connectivity index (χ4v) is 9.35. The molecule has 9 nitrogen and oxygen atoms in total. The monoisotopic (exact) mass is 731 g/mol. The lowest BCUT2D eigenvalue weighted by Crippen LogP contribution is -2.54. The summed E-state index contributed by atoms with van der Waals surface area (Å²) >= 11 is 1.61. The number of anilines is 1. The summed E-state index contributed by atoms with van der Waals surface area (Å²) in [6.07, 6.45) is 0.142. The Bertz CT molecular complexity index is 1550. The van der Waals surface area contributed by atoms with E-state index in [0.29, 0.717) is 17.8 Å². The molecule has 0 spiro atoms. The van der Waals surface area contributed by atoms with E-state index in [1.165, 1.54) is 5.56 Å². The number of thioether (sulfide) groups is 1. The first-order valence-corrected chi connectivity index (χ1v) is 26.9. The molecule has 0 radical (unpaired) electrons. The molecule has 1 fully saturated rings. The minimum atomic E-state index is -2.32. The lowest BCUT2D eigenvalue weighted by atomic mass is 10.1. The van der Waals surface area contributed by atoms with Gasteiger partial charge in [0.2, 0.25) is 5.95 Å². The number of rotatable bonds is 11. The molecule has 1 aliphatic rings. The molecule has 1 aliphatic heterocycles. The normalized spacial score (nSPS) is 21.7. The van der Waals surface area contributed by atoms with E-state index in [1.54, 1.807) is 18.1 Å². The van der Waals surface area contributed by atoms with Crippen LogP contribution in [0.15, 0.2) is 41.7 Å². The van der Waals surface area contributed by atoms with Crippen molar-refractivity contribution in [3.8, 4) is 0 Å². The van der Waals surface area contributed by atoms with E-state index < -0.39 is 37.3 Å². The molecule has 4 rings (SSSR count). The molecule has 0 unspecified atom stereocenters. The Morgan fingerprint density at radius 1 is 0.792 bits per heavy atom. The van der Waals surface area contributed by atoms with Crippen molar-refractivity contribution in [3.05, 3.63) is 42.2 Å². The molecule has 0 bridgehead atoms. The minimum absolute atomic E-state index is 0.00823. The Balaban J connectivity index is 1.82. The fourth-order valence-electron chi connectivity index (χ4n) is 4.79. The number of nitrogen functional groups attached to an aromatic ring is 1.